The molecule has 13 heteroatoms. The molecule has 0 saturated carbocycles. The predicted molar refractivity (Wildman–Crippen MR) is 91.9 cm³/mol. The second kappa shape index (κ2) is 15.8. The van der Waals surface area contributed by atoms with Crippen LogP contribution < -0.4 is 5.73 Å². The lowest BCUT2D eigenvalue weighted by atomic mass is 10.5. The lowest BCUT2D eigenvalue weighted by Gasteiger charge is -2.13. The standard InChI is InChI=1S/C14H24N2O6.C2HF3O2/c15-3-5-19-7-9-21-11-12-22-10-8-20-6-4-16-13(17)1-2-14(16)18;3-2(4,5)1(6)7/h1-2H,3-12,15H2;(H,6,7). The van der Waals surface area contributed by atoms with Gasteiger partial charge in [0, 0.05) is 18.7 Å². The number of imide groups is 1. The van der Waals surface area contributed by atoms with E-state index < -0.39 is 12.1 Å². The summed E-state index contributed by atoms with van der Waals surface area (Å²) in [6.07, 6.45) is -2.57. The molecule has 3 N–H and O–H groups in total. The number of halogens is 3. The number of nitrogens with zero attached hydrogens (tertiary/aromatic N) is 1. The van der Waals surface area contributed by atoms with E-state index in [2.05, 4.69) is 0 Å². The lowest BCUT2D eigenvalue weighted by Crippen LogP contribution is -2.33. The summed E-state index contributed by atoms with van der Waals surface area (Å²) in [6.45, 7) is 4.49. The zero-order valence-electron chi connectivity index (χ0n) is 15.7. The summed E-state index contributed by atoms with van der Waals surface area (Å²) in [4.78, 5) is 32.5. The molecule has 0 unspecified atom stereocenters. The maximum absolute atomic E-state index is 11.2. The summed E-state index contributed by atoms with van der Waals surface area (Å²) in [6, 6.07) is 0. The summed E-state index contributed by atoms with van der Waals surface area (Å²) >= 11 is 0. The highest BCUT2D eigenvalue weighted by Gasteiger charge is 2.38. The van der Waals surface area contributed by atoms with Crippen molar-refractivity contribution in [3.63, 3.8) is 0 Å². The summed E-state index contributed by atoms with van der Waals surface area (Å²) in [7, 11) is 0. The van der Waals surface area contributed by atoms with Crippen molar-refractivity contribution < 1.29 is 51.6 Å². The number of aliphatic carboxylic acids is 1. The van der Waals surface area contributed by atoms with Crippen molar-refractivity contribution in [3.8, 4) is 0 Å². The number of ether oxygens (including phenoxy) is 4. The molecular weight excluding hydrogens is 405 g/mol. The van der Waals surface area contributed by atoms with Gasteiger partial charge in [0.15, 0.2) is 0 Å². The van der Waals surface area contributed by atoms with Crippen LogP contribution >= 0.6 is 0 Å². The first kappa shape index (κ1) is 26.9. The molecule has 0 aromatic heterocycles. The van der Waals surface area contributed by atoms with E-state index in [-0.39, 0.29) is 18.4 Å². The first-order valence-corrected chi connectivity index (χ1v) is 8.54. The minimum atomic E-state index is -5.08. The van der Waals surface area contributed by atoms with E-state index in [1.165, 1.54) is 12.2 Å². The molecule has 1 rings (SSSR count). The molecule has 2 amide bonds. The highest BCUT2D eigenvalue weighted by molar-refractivity contribution is 6.12. The predicted octanol–water partition coefficient (Wildman–Crippen LogP) is -0.430. The molecule has 1 aliphatic rings. The van der Waals surface area contributed by atoms with Crippen molar-refractivity contribution in [3.05, 3.63) is 12.2 Å². The fourth-order valence-electron chi connectivity index (χ4n) is 1.65. The summed E-state index contributed by atoms with van der Waals surface area (Å²) < 4.78 is 52.8. The van der Waals surface area contributed by atoms with E-state index in [1.807, 2.05) is 0 Å². The molecule has 0 aromatic carbocycles. The molecule has 168 valence electrons. The minimum Gasteiger partial charge on any atom is -0.475 e. The van der Waals surface area contributed by atoms with E-state index in [4.69, 9.17) is 34.6 Å². The Morgan fingerprint density at radius 1 is 0.862 bits per heavy atom. The molecule has 10 nitrogen and oxygen atoms in total. The van der Waals surface area contributed by atoms with E-state index in [0.29, 0.717) is 59.4 Å². The average Bonchev–Trinajstić information content (AvgIpc) is 2.97. The van der Waals surface area contributed by atoms with E-state index in [1.54, 1.807) is 0 Å². The van der Waals surface area contributed by atoms with Crippen LogP contribution in [0.15, 0.2) is 12.2 Å². The van der Waals surface area contributed by atoms with Crippen molar-refractivity contribution in [2.45, 2.75) is 6.18 Å². The third-order valence-corrected chi connectivity index (χ3v) is 2.98. The number of carbonyl (C=O) groups excluding carboxylic acids is 2. The van der Waals surface area contributed by atoms with Crippen molar-refractivity contribution >= 4 is 17.8 Å². The van der Waals surface area contributed by atoms with Crippen LogP contribution in [0.5, 0.6) is 0 Å². The minimum absolute atomic E-state index is 0.260. The molecular formula is C16H25F3N2O8. The van der Waals surface area contributed by atoms with Crippen LogP contribution in [0.3, 0.4) is 0 Å². The highest BCUT2D eigenvalue weighted by atomic mass is 19.4. The van der Waals surface area contributed by atoms with Gasteiger partial charge in [-0.2, -0.15) is 13.2 Å². The molecule has 1 aliphatic heterocycles. The van der Waals surface area contributed by atoms with Gasteiger partial charge < -0.3 is 29.8 Å². The van der Waals surface area contributed by atoms with Crippen LogP contribution in [0, 0.1) is 0 Å². The molecule has 0 aromatic rings. The molecule has 0 fully saturated rings. The molecule has 0 atom stereocenters. The normalized spacial score (nSPS) is 13.6. The van der Waals surface area contributed by atoms with Crippen LogP contribution in [0.1, 0.15) is 0 Å². The Bertz CT molecular complexity index is 511. The lowest BCUT2D eigenvalue weighted by molar-refractivity contribution is -0.192. The number of hydrogen-bond donors (Lipinski definition) is 2. The topological polar surface area (TPSA) is 138 Å². The summed E-state index contributed by atoms with van der Waals surface area (Å²) in [5, 5.41) is 7.12. The second-order valence-corrected chi connectivity index (χ2v) is 5.20. The van der Waals surface area contributed by atoms with Gasteiger partial charge >= 0.3 is 12.1 Å². The van der Waals surface area contributed by atoms with Gasteiger partial charge in [-0.1, -0.05) is 0 Å². The number of amides is 2. The molecule has 0 saturated heterocycles. The maximum Gasteiger partial charge on any atom is 0.490 e. The first-order chi connectivity index (χ1) is 13.7. The van der Waals surface area contributed by atoms with Gasteiger partial charge in [0.25, 0.3) is 11.8 Å². The molecule has 0 aliphatic carbocycles. The van der Waals surface area contributed by atoms with Gasteiger partial charge in [-0.3, -0.25) is 14.5 Å². The summed E-state index contributed by atoms with van der Waals surface area (Å²) in [5.41, 5.74) is 5.27. The monoisotopic (exact) mass is 430 g/mol. The smallest absolute Gasteiger partial charge is 0.475 e. The number of rotatable bonds is 14. The van der Waals surface area contributed by atoms with Gasteiger partial charge in [-0.05, 0) is 0 Å². The third kappa shape index (κ3) is 14.6. The Hall–Kier alpha value is -2.06. The van der Waals surface area contributed by atoms with Gasteiger partial charge in [0.1, 0.15) is 0 Å². The number of hydrogen-bond acceptors (Lipinski definition) is 8. The number of carbonyl (C=O) groups is 3. The molecule has 0 spiro atoms. The Morgan fingerprint density at radius 2 is 1.21 bits per heavy atom. The van der Waals surface area contributed by atoms with Crippen molar-refractivity contribution in [2.75, 3.05) is 65.9 Å². The Morgan fingerprint density at radius 3 is 1.55 bits per heavy atom. The quantitative estimate of drug-likeness (QED) is 0.278. The van der Waals surface area contributed by atoms with E-state index in [9.17, 15) is 22.8 Å². The molecule has 0 radical (unpaired) electrons. The number of alkyl halides is 3. The zero-order chi connectivity index (χ0) is 22.1. The van der Waals surface area contributed by atoms with Crippen LogP contribution in [-0.4, -0.2) is 99.9 Å². The summed E-state index contributed by atoms with van der Waals surface area (Å²) in [5.74, 6) is -3.35. The first-order valence-electron chi connectivity index (χ1n) is 8.54. The molecule has 1 heterocycles. The fourth-order valence-corrected chi connectivity index (χ4v) is 1.65. The van der Waals surface area contributed by atoms with Gasteiger partial charge in [0.05, 0.1) is 59.4 Å². The van der Waals surface area contributed by atoms with Crippen LogP contribution in [-0.2, 0) is 33.3 Å². The SMILES string of the molecule is NCCOCCOCCOCCOCCN1C(=O)C=CC1=O.O=C(O)C(F)(F)F. The Labute approximate surface area is 165 Å². The molecule has 0 bridgehead atoms. The number of nitrogens with two attached hydrogens (primary N) is 1. The Balaban J connectivity index is 0.000000956. The fraction of sp³-hybridized carbons (Fsp3) is 0.688. The maximum atomic E-state index is 11.2. The van der Waals surface area contributed by atoms with Gasteiger partial charge in [-0.25, -0.2) is 4.79 Å². The zero-order valence-corrected chi connectivity index (χ0v) is 15.7. The van der Waals surface area contributed by atoms with Crippen molar-refractivity contribution in [2.24, 2.45) is 5.73 Å². The van der Waals surface area contributed by atoms with E-state index in [0.717, 1.165) is 4.90 Å². The van der Waals surface area contributed by atoms with Gasteiger partial charge in [-0.15, -0.1) is 0 Å². The number of carboxylic acid groups (broad SMARTS) is 1. The highest BCUT2D eigenvalue weighted by Crippen LogP contribution is 2.13. The van der Waals surface area contributed by atoms with Crippen molar-refractivity contribution in [1.82, 2.24) is 4.90 Å². The second-order valence-electron chi connectivity index (χ2n) is 5.20. The van der Waals surface area contributed by atoms with Crippen molar-refractivity contribution in [1.29, 1.82) is 0 Å². The molecule has 29 heavy (non-hydrogen) atoms. The average molecular weight is 430 g/mol. The van der Waals surface area contributed by atoms with Gasteiger partial charge in [0.2, 0.25) is 0 Å². The van der Waals surface area contributed by atoms with Crippen LogP contribution in [0.2, 0.25) is 0 Å². The van der Waals surface area contributed by atoms with E-state index >= 15 is 0 Å². The third-order valence-electron chi connectivity index (χ3n) is 2.98. The Kier molecular flexibility index (Phi) is 14.7. The number of carboxylic acids is 1. The largest absolute Gasteiger partial charge is 0.490 e. The van der Waals surface area contributed by atoms with Crippen LogP contribution in [0.4, 0.5) is 13.2 Å². The van der Waals surface area contributed by atoms with Crippen LogP contribution in [0.25, 0.3) is 0 Å².